The van der Waals surface area contributed by atoms with Crippen LogP contribution in [0.1, 0.15) is 16.1 Å². The molecule has 0 radical (unpaired) electrons. The number of carbonyl (C=O) groups excluding carboxylic acids is 3. The van der Waals surface area contributed by atoms with Gasteiger partial charge in [-0.15, -0.1) is 11.3 Å². The van der Waals surface area contributed by atoms with Gasteiger partial charge in [0.1, 0.15) is 5.82 Å². The van der Waals surface area contributed by atoms with E-state index in [2.05, 4.69) is 0 Å². The molecule has 2 aliphatic heterocycles. The first-order valence-electron chi connectivity index (χ1n) is 7.50. The zero-order chi connectivity index (χ0) is 16.8. The molecule has 2 saturated heterocycles. The van der Waals surface area contributed by atoms with Crippen molar-refractivity contribution in [2.45, 2.75) is 12.5 Å². The third kappa shape index (κ3) is 2.59. The maximum atomic E-state index is 13.3. The van der Waals surface area contributed by atoms with Gasteiger partial charge in [0.25, 0.3) is 11.1 Å². The van der Waals surface area contributed by atoms with Crippen molar-refractivity contribution >= 4 is 50.2 Å². The Labute approximate surface area is 145 Å². The summed E-state index contributed by atoms with van der Waals surface area (Å²) in [5.41, 5.74) is 0. The molecule has 0 aliphatic carbocycles. The van der Waals surface area contributed by atoms with Crippen LogP contribution >= 0.6 is 23.1 Å². The van der Waals surface area contributed by atoms with Gasteiger partial charge in [0.2, 0.25) is 5.91 Å². The standard InChI is InChI=1S/C16H13FN2O3S2/c17-10-1-2-12-9(5-10)6-13(24-12)15(21)18-4-3-11(7-18)19-14(20)8-23-16(19)22/h1-2,5-6,11H,3-4,7-8H2. The molecule has 1 aromatic carbocycles. The number of imide groups is 1. The predicted octanol–water partition coefficient (Wildman–Crippen LogP) is 2.95. The molecule has 0 N–H and O–H groups in total. The highest BCUT2D eigenvalue weighted by molar-refractivity contribution is 8.14. The Morgan fingerprint density at radius 1 is 1.25 bits per heavy atom. The van der Waals surface area contributed by atoms with Crippen molar-refractivity contribution in [2.24, 2.45) is 0 Å². The number of hydrogen-bond acceptors (Lipinski definition) is 5. The highest BCUT2D eigenvalue weighted by Gasteiger charge is 2.40. The van der Waals surface area contributed by atoms with Crippen LogP contribution < -0.4 is 0 Å². The van der Waals surface area contributed by atoms with E-state index < -0.39 is 0 Å². The van der Waals surface area contributed by atoms with Crippen molar-refractivity contribution < 1.29 is 18.8 Å². The number of rotatable bonds is 2. The molecule has 2 fully saturated rings. The topological polar surface area (TPSA) is 57.7 Å². The highest BCUT2D eigenvalue weighted by atomic mass is 32.2. The van der Waals surface area contributed by atoms with Crippen LogP contribution in [0.4, 0.5) is 9.18 Å². The molecule has 3 heterocycles. The molecule has 4 rings (SSSR count). The average molecular weight is 364 g/mol. The molecular formula is C16H13FN2O3S2. The van der Waals surface area contributed by atoms with Crippen molar-refractivity contribution in [3.63, 3.8) is 0 Å². The molecule has 1 aromatic heterocycles. The van der Waals surface area contributed by atoms with Crippen molar-refractivity contribution in [1.29, 1.82) is 0 Å². The fourth-order valence-corrected chi connectivity index (χ4v) is 4.92. The van der Waals surface area contributed by atoms with E-state index in [-0.39, 0.29) is 34.7 Å². The van der Waals surface area contributed by atoms with Gasteiger partial charge in [-0.25, -0.2) is 4.39 Å². The lowest BCUT2D eigenvalue weighted by Gasteiger charge is -2.21. The lowest BCUT2D eigenvalue weighted by molar-refractivity contribution is -0.126. The highest BCUT2D eigenvalue weighted by Crippen LogP contribution is 2.30. The van der Waals surface area contributed by atoms with Gasteiger partial charge >= 0.3 is 0 Å². The van der Waals surface area contributed by atoms with Crippen LogP contribution in [0, 0.1) is 5.82 Å². The van der Waals surface area contributed by atoms with Crippen LogP contribution in [0.2, 0.25) is 0 Å². The molecule has 8 heteroatoms. The van der Waals surface area contributed by atoms with Crippen molar-refractivity contribution in [3.05, 3.63) is 35.0 Å². The van der Waals surface area contributed by atoms with Crippen LogP contribution in [0.3, 0.4) is 0 Å². The summed E-state index contributed by atoms with van der Waals surface area (Å²) in [7, 11) is 0. The van der Waals surface area contributed by atoms with Crippen LogP contribution in [-0.2, 0) is 4.79 Å². The molecule has 1 atom stereocenters. The smallest absolute Gasteiger partial charge is 0.289 e. The van der Waals surface area contributed by atoms with E-state index in [9.17, 15) is 18.8 Å². The van der Waals surface area contributed by atoms with Gasteiger partial charge in [-0.2, -0.15) is 0 Å². The number of hydrogen-bond donors (Lipinski definition) is 0. The Kier molecular flexibility index (Phi) is 3.80. The van der Waals surface area contributed by atoms with E-state index in [4.69, 9.17) is 0 Å². The third-order valence-electron chi connectivity index (χ3n) is 4.29. The number of nitrogens with zero attached hydrogens (tertiary/aromatic N) is 2. The minimum Gasteiger partial charge on any atom is -0.336 e. The summed E-state index contributed by atoms with van der Waals surface area (Å²) in [6.45, 7) is 0.868. The normalized spacial score (nSPS) is 21.3. The molecule has 2 aromatic rings. The van der Waals surface area contributed by atoms with E-state index in [1.165, 1.54) is 28.4 Å². The molecular weight excluding hydrogens is 351 g/mol. The second-order valence-electron chi connectivity index (χ2n) is 5.80. The van der Waals surface area contributed by atoms with Gasteiger partial charge in [-0.1, -0.05) is 11.8 Å². The first-order chi connectivity index (χ1) is 11.5. The minimum atomic E-state index is -0.330. The Hall–Kier alpha value is -1.93. The molecule has 0 bridgehead atoms. The van der Waals surface area contributed by atoms with Gasteiger partial charge < -0.3 is 4.90 Å². The molecule has 124 valence electrons. The number of likely N-dealkylation sites (tertiary alicyclic amines) is 1. The Balaban J connectivity index is 1.52. The van der Waals surface area contributed by atoms with Crippen LogP contribution in [0.25, 0.3) is 10.1 Å². The molecule has 0 spiro atoms. The zero-order valence-electron chi connectivity index (χ0n) is 12.5. The first kappa shape index (κ1) is 15.6. The lowest BCUT2D eigenvalue weighted by Crippen LogP contribution is -2.41. The number of thiophene rings is 1. The van der Waals surface area contributed by atoms with Crippen molar-refractivity contribution in [1.82, 2.24) is 9.80 Å². The van der Waals surface area contributed by atoms with E-state index in [0.717, 1.165) is 16.5 Å². The van der Waals surface area contributed by atoms with Crippen LogP contribution in [0.15, 0.2) is 24.3 Å². The Morgan fingerprint density at radius 2 is 2.08 bits per heavy atom. The van der Waals surface area contributed by atoms with E-state index >= 15 is 0 Å². The van der Waals surface area contributed by atoms with Crippen LogP contribution in [0.5, 0.6) is 0 Å². The van der Waals surface area contributed by atoms with Gasteiger partial charge in [0.05, 0.1) is 16.7 Å². The SMILES string of the molecule is O=C(c1cc2cc(F)ccc2s1)N1CCC(N2C(=O)CSC2=O)C1. The summed E-state index contributed by atoms with van der Waals surface area (Å²) in [4.78, 5) is 39.8. The van der Waals surface area contributed by atoms with Crippen LogP contribution in [-0.4, -0.2) is 51.7 Å². The monoisotopic (exact) mass is 364 g/mol. The number of benzene rings is 1. The summed E-state index contributed by atoms with van der Waals surface area (Å²) in [6, 6.07) is 5.91. The van der Waals surface area contributed by atoms with Crippen molar-refractivity contribution in [3.8, 4) is 0 Å². The predicted molar refractivity (Wildman–Crippen MR) is 90.8 cm³/mol. The van der Waals surface area contributed by atoms with Gasteiger partial charge in [0, 0.05) is 17.8 Å². The molecule has 5 nitrogen and oxygen atoms in total. The maximum Gasteiger partial charge on any atom is 0.289 e. The molecule has 24 heavy (non-hydrogen) atoms. The molecule has 1 unspecified atom stereocenters. The summed E-state index contributed by atoms with van der Waals surface area (Å²) in [6.07, 6.45) is 0.600. The summed E-state index contributed by atoms with van der Waals surface area (Å²) in [5.74, 6) is -0.456. The molecule has 2 aliphatic rings. The first-order valence-corrected chi connectivity index (χ1v) is 9.30. The Bertz CT molecular complexity index is 850. The van der Waals surface area contributed by atoms with E-state index in [1.54, 1.807) is 17.0 Å². The zero-order valence-corrected chi connectivity index (χ0v) is 14.2. The largest absolute Gasteiger partial charge is 0.336 e. The maximum absolute atomic E-state index is 13.3. The number of fused-ring (bicyclic) bond motifs is 1. The van der Waals surface area contributed by atoms with Gasteiger partial charge in [-0.05, 0) is 36.1 Å². The quantitative estimate of drug-likeness (QED) is 0.822. The van der Waals surface area contributed by atoms with Gasteiger partial charge in [-0.3, -0.25) is 19.3 Å². The number of halogens is 1. The molecule has 0 saturated carbocycles. The Morgan fingerprint density at radius 3 is 2.83 bits per heavy atom. The third-order valence-corrected chi connectivity index (χ3v) is 6.23. The van der Waals surface area contributed by atoms with E-state index in [1.807, 2.05) is 0 Å². The fourth-order valence-electron chi connectivity index (χ4n) is 3.13. The van der Waals surface area contributed by atoms with Crippen molar-refractivity contribution in [2.75, 3.05) is 18.8 Å². The second-order valence-corrected chi connectivity index (χ2v) is 7.82. The minimum absolute atomic E-state index is 0.133. The lowest BCUT2D eigenvalue weighted by atomic mass is 10.2. The number of carbonyl (C=O) groups is 3. The summed E-state index contributed by atoms with van der Waals surface area (Å²) >= 11 is 2.34. The summed E-state index contributed by atoms with van der Waals surface area (Å²) < 4.78 is 14.1. The second kappa shape index (κ2) is 5.86. The van der Waals surface area contributed by atoms with E-state index in [0.29, 0.717) is 29.8 Å². The number of amides is 3. The number of thioether (sulfide) groups is 1. The summed E-state index contributed by atoms with van der Waals surface area (Å²) in [5, 5.41) is 0.483. The fraction of sp³-hybridized carbons (Fsp3) is 0.312. The van der Waals surface area contributed by atoms with Gasteiger partial charge in [0.15, 0.2) is 0 Å². The average Bonchev–Trinajstić information content (AvgIpc) is 3.25. The molecule has 3 amide bonds.